The first kappa shape index (κ1) is 16.6. The van der Waals surface area contributed by atoms with Crippen molar-refractivity contribution in [1.29, 1.82) is 0 Å². The summed E-state index contributed by atoms with van der Waals surface area (Å²) in [6.45, 7) is 7.87. The Labute approximate surface area is 131 Å². The van der Waals surface area contributed by atoms with Gasteiger partial charge in [-0.05, 0) is 45.1 Å². The zero-order chi connectivity index (χ0) is 16.3. The second-order valence-electron chi connectivity index (χ2n) is 6.19. The minimum atomic E-state index is -0.409. The maximum Gasteiger partial charge on any atom is 0.355 e. The lowest BCUT2D eigenvalue weighted by molar-refractivity contribution is 0.0519. The second kappa shape index (κ2) is 6.99. The van der Waals surface area contributed by atoms with Crippen LogP contribution in [-0.4, -0.2) is 29.5 Å². The molecule has 2 rings (SSSR count). The molecular weight excluding hydrogens is 280 g/mol. The van der Waals surface area contributed by atoms with Gasteiger partial charge in [0.25, 0.3) is 5.91 Å². The van der Waals surface area contributed by atoms with E-state index in [-0.39, 0.29) is 11.9 Å². The van der Waals surface area contributed by atoms with Gasteiger partial charge in [0.1, 0.15) is 5.69 Å². The number of nitrogens with one attached hydrogen (secondary N) is 2. The second-order valence-corrected chi connectivity index (χ2v) is 6.19. The van der Waals surface area contributed by atoms with Crippen LogP contribution >= 0.6 is 0 Å². The fourth-order valence-corrected chi connectivity index (χ4v) is 3.27. The van der Waals surface area contributed by atoms with E-state index >= 15 is 0 Å². The van der Waals surface area contributed by atoms with Crippen LogP contribution in [0.5, 0.6) is 0 Å². The van der Waals surface area contributed by atoms with Crippen LogP contribution in [0.1, 0.15) is 71.6 Å². The molecule has 1 aromatic heterocycles. The number of carbonyl (C=O) groups excluding carboxylic acids is 2. The third-order valence-corrected chi connectivity index (χ3v) is 4.57. The Morgan fingerprint density at radius 1 is 1.27 bits per heavy atom. The standard InChI is InChI=1S/C17H26N2O3/c1-5-22-17(21)15-11(3)14(12(4)18-15)16(20)19-13-9-7-6-8-10(13)2/h10,13,18H,5-9H2,1-4H3,(H,19,20)/t10-,13+/m1/s1. The molecule has 0 aliphatic heterocycles. The molecule has 5 heteroatoms. The molecule has 0 aromatic carbocycles. The quantitative estimate of drug-likeness (QED) is 0.840. The first-order valence-corrected chi connectivity index (χ1v) is 8.12. The number of esters is 1. The average molecular weight is 306 g/mol. The first-order valence-electron chi connectivity index (χ1n) is 8.12. The summed E-state index contributed by atoms with van der Waals surface area (Å²) in [4.78, 5) is 27.5. The molecular formula is C17H26N2O3. The summed E-state index contributed by atoms with van der Waals surface area (Å²) in [5.74, 6) is -0.00415. The summed E-state index contributed by atoms with van der Waals surface area (Å²) in [5.41, 5.74) is 2.32. The summed E-state index contributed by atoms with van der Waals surface area (Å²) < 4.78 is 5.02. The topological polar surface area (TPSA) is 71.2 Å². The predicted molar refractivity (Wildman–Crippen MR) is 85.1 cm³/mol. The van der Waals surface area contributed by atoms with Crippen LogP contribution in [0.4, 0.5) is 0 Å². The molecule has 1 saturated carbocycles. The van der Waals surface area contributed by atoms with Gasteiger partial charge in [-0.25, -0.2) is 4.79 Å². The highest BCUT2D eigenvalue weighted by molar-refractivity contribution is 6.01. The molecule has 0 radical (unpaired) electrons. The fourth-order valence-electron chi connectivity index (χ4n) is 3.27. The molecule has 2 atom stereocenters. The molecule has 0 unspecified atom stereocenters. The molecule has 1 aliphatic rings. The van der Waals surface area contributed by atoms with E-state index in [9.17, 15) is 9.59 Å². The van der Waals surface area contributed by atoms with Crippen molar-refractivity contribution in [3.8, 4) is 0 Å². The minimum absolute atomic E-state index is 0.0967. The monoisotopic (exact) mass is 306 g/mol. The molecule has 1 aliphatic carbocycles. The van der Waals surface area contributed by atoms with Crippen molar-refractivity contribution >= 4 is 11.9 Å². The van der Waals surface area contributed by atoms with Crippen molar-refractivity contribution in [1.82, 2.24) is 10.3 Å². The third-order valence-electron chi connectivity index (χ3n) is 4.57. The normalized spacial score (nSPS) is 21.5. The van der Waals surface area contributed by atoms with E-state index in [0.717, 1.165) is 19.3 Å². The molecule has 2 N–H and O–H groups in total. The molecule has 122 valence electrons. The van der Waals surface area contributed by atoms with Gasteiger partial charge in [0, 0.05) is 11.7 Å². The number of rotatable bonds is 4. The SMILES string of the molecule is CCOC(=O)c1[nH]c(C)c(C(=O)N[C@H]2CCCC[C@H]2C)c1C. The lowest BCUT2D eigenvalue weighted by Crippen LogP contribution is -2.41. The van der Waals surface area contributed by atoms with Gasteiger partial charge in [0.05, 0.1) is 12.2 Å². The molecule has 5 nitrogen and oxygen atoms in total. The van der Waals surface area contributed by atoms with E-state index < -0.39 is 5.97 Å². The first-order chi connectivity index (χ1) is 10.5. The van der Waals surface area contributed by atoms with E-state index in [1.165, 1.54) is 6.42 Å². The number of hydrogen-bond acceptors (Lipinski definition) is 3. The summed E-state index contributed by atoms with van der Waals surface area (Å²) in [6, 6.07) is 0.223. The Balaban J connectivity index is 2.17. The van der Waals surface area contributed by atoms with Crippen LogP contribution in [-0.2, 0) is 4.74 Å². The van der Waals surface area contributed by atoms with Gasteiger partial charge in [-0.1, -0.05) is 19.8 Å². The Bertz CT molecular complexity index is 562. The van der Waals surface area contributed by atoms with Gasteiger partial charge >= 0.3 is 5.97 Å². The zero-order valence-electron chi connectivity index (χ0n) is 13.9. The van der Waals surface area contributed by atoms with Crippen LogP contribution in [0.2, 0.25) is 0 Å². The average Bonchev–Trinajstić information content (AvgIpc) is 2.77. The lowest BCUT2D eigenvalue weighted by Gasteiger charge is -2.29. The van der Waals surface area contributed by atoms with Crippen LogP contribution in [0.3, 0.4) is 0 Å². The van der Waals surface area contributed by atoms with E-state index in [4.69, 9.17) is 4.74 Å². The maximum atomic E-state index is 12.6. The van der Waals surface area contributed by atoms with Crippen molar-refractivity contribution in [3.05, 3.63) is 22.5 Å². The van der Waals surface area contributed by atoms with Crippen molar-refractivity contribution in [3.63, 3.8) is 0 Å². The van der Waals surface area contributed by atoms with Crippen molar-refractivity contribution in [2.24, 2.45) is 5.92 Å². The summed E-state index contributed by atoms with van der Waals surface area (Å²) in [6.07, 6.45) is 4.58. The molecule has 0 spiro atoms. The van der Waals surface area contributed by atoms with Gasteiger partial charge in [0.2, 0.25) is 0 Å². The number of ether oxygens (including phenoxy) is 1. The summed E-state index contributed by atoms with van der Waals surface area (Å²) >= 11 is 0. The summed E-state index contributed by atoms with van der Waals surface area (Å²) in [7, 11) is 0. The molecule has 1 amide bonds. The number of H-pyrrole nitrogens is 1. The number of aromatic amines is 1. The van der Waals surface area contributed by atoms with Crippen LogP contribution in [0.15, 0.2) is 0 Å². The number of carbonyl (C=O) groups is 2. The number of amides is 1. The predicted octanol–water partition coefficient (Wildman–Crippen LogP) is 3.12. The molecule has 0 saturated heterocycles. The number of aromatic nitrogens is 1. The Morgan fingerprint density at radius 2 is 1.95 bits per heavy atom. The van der Waals surface area contributed by atoms with E-state index in [0.29, 0.717) is 35.0 Å². The third kappa shape index (κ3) is 3.34. The van der Waals surface area contributed by atoms with Crippen molar-refractivity contribution < 1.29 is 14.3 Å². The Morgan fingerprint density at radius 3 is 2.59 bits per heavy atom. The fraction of sp³-hybridized carbons (Fsp3) is 0.647. The van der Waals surface area contributed by atoms with Crippen LogP contribution in [0.25, 0.3) is 0 Å². The Kier molecular flexibility index (Phi) is 5.27. The molecule has 0 bridgehead atoms. The smallest absolute Gasteiger partial charge is 0.355 e. The Hall–Kier alpha value is -1.78. The van der Waals surface area contributed by atoms with Crippen molar-refractivity contribution in [2.75, 3.05) is 6.61 Å². The highest BCUT2D eigenvalue weighted by atomic mass is 16.5. The zero-order valence-corrected chi connectivity index (χ0v) is 13.9. The molecule has 22 heavy (non-hydrogen) atoms. The highest BCUT2D eigenvalue weighted by Gasteiger charge is 2.27. The largest absolute Gasteiger partial charge is 0.461 e. The minimum Gasteiger partial charge on any atom is -0.461 e. The highest BCUT2D eigenvalue weighted by Crippen LogP contribution is 2.25. The lowest BCUT2D eigenvalue weighted by atomic mass is 9.86. The van der Waals surface area contributed by atoms with Gasteiger partial charge in [-0.15, -0.1) is 0 Å². The maximum absolute atomic E-state index is 12.6. The van der Waals surface area contributed by atoms with E-state index in [2.05, 4.69) is 17.2 Å². The summed E-state index contributed by atoms with van der Waals surface area (Å²) in [5, 5.41) is 3.14. The van der Waals surface area contributed by atoms with Crippen LogP contribution < -0.4 is 5.32 Å². The number of hydrogen-bond donors (Lipinski definition) is 2. The molecule has 1 aromatic rings. The molecule has 1 heterocycles. The van der Waals surface area contributed by atoms with Gasteiger partial charge in [-0.2, -0.15) is 0 Å². The molecule has 1 fully saturated rings. The van der Waals surface area contributed by atoms with Gasteiger partial charge in [0.15, 0.2) is 0 Å². The number of aryl methyl sites for hydroxylation is 1. The van der Waals surface area contributed by atoms with Gasteiger partial charge in [-0.3, -0.25) is 4.79 Å². The van der Waals surface area contributed by atoms with E-state index in [1.807, 2.05) is 6.92 Å². The van der Waals surface area contributed by atoms with Gasteiger partial charge < -0.3 is 15.0 Å². The van der Waals surface area contributed by atoms with Crippen molar-refractivity contribution in [2.45, 2.75) is 59.4 Å². The van der Waals surface area contributed by atoms with Crippen LogP contribution in [0, 0.1) is 19.8 Å². The van der Waals surface area contributed by atoms with E-state index in [1.54, 1.807) is 13.8 Å².